The lowest BCUT2D eigenvalue weighted by molar-refractivity contribution is -0.137. The summed E-state index contributed by atoms with van der Waals surface area (Å²) >= 11 is 0. The minimum Gasteiger partial charge on any atom is -0.376 e. The van der Waals surface area contributed by atoms with Crippen molar-refractivity contribution in [2.45, 2.75) is 51.3 Å². The summed E-state index contributed by atoms with van der Waals surface area (Å²) in [5, 5.41) is 0. The van der Waals surface area contributed by atoms with E-state index in [9.17, 15) is 4.79 Å². The van der Waals surface area contributed by atoms with Gasteiger partial charge in [0.05, 0.1) is 18.2 Å². The van der Waals surface area contributed by atoms with Crippen LogP contribution in [0.2, 0.25) is 0 Å². The molecule has 21 heavy (non-hydrogen) atoms. The van der Waals surface area contributed by atoms with Crippen molar-refractivity contribution >= 4 is 30.7 Å². The molecule has 0 aromatic rings. The zero-order chi connectivity index (χ0) is 14.0. The van der Waals surface area contributed by atoms with E-state index >= 15 is 0 Å². The summed E-state index contributed by atoms with van der Waals surface area (Å²) in [6.45, 7) is 10.2. The van der Waals surface area contributed by atoms with Gasteiger partial charge >= 0.3 is 0 Å². The SMILES string of the molecule is CC1CN(C2CCN(C(=O)C(C)(C)N)CC2)CCO1.Cl.Cl. The van der Waals surface area contributed by atoms with E-state index in [1.54, 1.807) is 13.8 Å². The number of hydrogen-bond acceptors (Lipinski definition) is 4. The molecule has 0 saturated carbocycles. The third-order valence-corrected chi connectivity index (χ3v) is 4.09. The van der Waals surface area contributed by atoms with Gasteiger partial charge in [0.25, 0.3) is 0 Å². The van der Waals surface area contributed by atoms with Crippen LogP contribution in [0.5, 0.6) is 0 Å². The normalized spacial score (nSPS) is 25.0. The molecule has 5 nitrogen and oxygen atoms in total. The van der Waals surface area contributed by atoms with E-state index in [-0.39, 0.29) is 30.7 Å². The highest BCUT2D eigenvalue weighted by Gasteiger charge is 2.33. The molecule has 1 amide bonds. The van der Waals surface area contributed by atoms with Crippen molar-refractivity contribution in [3.63, 3.8) is 0 Å². The number of halogens is 2. The van der Waals surface area contributed by atoms with Gasteiger partial charge in [0.1, 0.15) is 0 Å². The summed E-state index contributed by atoms with van der Waals surface area (Å²) in [7, 11) is 0. The van der Waals surface area contributed by atoms with Crippen molar-refractivity contribution in [3.05, 3.63) is 0 Å². The molecule has 0 aromatic heterocycles. The average molecular weight is 342 g/mol. The molecule has 2 aliphatic heterocycles. The Kier molecular flexibility index (Phi) is 8.50. The average Bonchev–Trinajstić information content (AvgIpc) is 2.37. The lowest BCUT2D eigenvalue weighted by Crippen LogP contribution is -2.56. The summed E-state index contributed by atoms with van der Waals surface area (Å²) in [5.74, 6) is 0.0706. The van der Waals surface area contributed by atoms with Gasteiger partial charge in [-0.25, -0.2) is 0 Å². The molecule has 0 radical (unpaired) electrons. The van der Waals surface area contributed by atoms with Gasteiger partial charge in [-0.05, 0) is 33.6 Å². The van der Waals surface area contributed by atoms with Gasteiger partial charge in [0.15, 0.2) is 0 Å². The monoisotopic (exact) mass is 341 g/mol. The quantitative estimate of drug-likeness (QED) is 0.821. The molecule has 2 saturated heterocycles. The Labute approximate surface area is 140 Å². The van der Waals surface area contributed by atoms with Crippen LogP contribution in [0.15, 0.2) is 0 Å². The van der Waals surface area contributed by atoms with E-state index in [1.807, 2.05) is 4.90 Å². The van der Waals surface area contributed by atoms with Gasteiger partial charge in [-0.1, -0.05) is 0 Å². The van der Waals surface area contributed by atoms with Crippen LogP contribution < -0.4 is 5.73 Å². The number of nitrogens with two attached hydrogens (primary N) is 1. The number of piperidine rings is 1. The Morgan fingerprint density at radius 3 is 2.24 bits per heavy atom. The highest BCUT2D eigenvalue weighted by atomic mass is 35.5. The van der Waals surface area contributed by atoms with Gasteiger partial charge in [0, 0.05) is 32.2 Å². The fourth-order valence-electron chi connectivity index (χ4n) is 3.02. The van der Waals surface area contributed by atoms with Crippen molar-refractivity contribution in [3.8, 4) is 0 Å². The van der Waals surface area contributed by atoms with E-state index < -0.39 is 5.54 Å². The zero-order valence-corrected chi connectivity index (χ0v) is 14.8. The lowest BCUT2D eigenvalue weighted by atomic mass is 9.98. The summed E-state index contributed by atoms with van der Waals surface area (Å²) in [6.07, 6.45) is 2.43. The van der Waals surface area contributed by atoms with Crippen molar-refractivity contribution in [1.29, 1.82) is 0 Å². The molecule has 1 unspecified atom stereocenters. The van der Waals surface area contributed by atoms with Crippen LogP contribution in [0.4, 0.5) is 0 Å². The van der Waals surface area contributed by atoms with E-state index in [2.05, 4.69) is 11.8 Å². The fourth-order valence-corrected chi connectivity index (χ4v) is 3.02. The standard InChI is InChI=1S/C14H27N3O2.2ClH/c1-11-10-17(8-9-19-11)12-4-6-16(7-5-12)13(18)14(2,3)15;;/h11-12H,4-10,15H2,1-3H3;2*1H. The first kappa shape index (κ1) is 20.9. The molecule has 1 atom stereocenters. The molecule has 0 aliphatic carbocycles. The first-order chi connectivity index (χ1) is 8.88. The second-order valence-electron chi connectivity index (χ2n) is 6.42. The summed E-state index contributed by atoms with van der Waals surface area (Å²) in [5.41, 5.74) is 5.14. The van der Waals surface area contributed by atoms with E-state index in [0.717, 1.165) is 45.6 Å². The number of amides is 1. The maximum atomic E-state index is 12.1. The molecule has 0 spiro atoms. The number of rotatable bonds is 2. The molecule has 0 aromatic carbocycles. The van der Waals surface area contributed by atoms with E-state index in [0.29, 0.717) is 12.1 Å². The Morgan fingerprint density at radius 2 is 1.76 bits per heavy atom. The zero-order valence-electron chi connectivity index (χ0n) is 13.2. The minimum atomic E-state index is -0.750. The number of likely N-dealkylation sites (tertiary alicyclic amines) is 1. The number of nitrogens with zero attached hydrogens (tertiary/aromatic N) is 2. The predicted octanol–water partition coefficient (Wildman–Crippen LogP) is 1.28. The van der Waals surface area contributed by atoms with Gasteiger partial charge in [-0.3, -0.25) is 9.69 Å². The molecular weight excluding hydrogens is 313 g/mol. The molecule has 0 bridgehead atoms. The van der Waals surface area contributed by atoms with Crippen LogP contribution in [0.1, 0.15) is 33.6 Å². The van der Waals surface area contributed by atoms with Crippen LogP contribution in [0, 0.1) is 0 Å². The van der Waals surface area contributed by atoms with Gasteiger partial charge < -0.3 is 15.4 Å². The molecule has 7 heteroatoms. The molecular formula is C14H29Cl2N3O2. The van der Waals surface area contributed by atoms with Crippen molar-refractivity contribution < 1.29 is 9.53 Å². The number of ether oxygens (including phenoxy) is 1. The van der Waals surface area contributed by atoms with Crippen molar-refractivity contribution in [2.75, 3.05) is 32.8 Å². The predicted molar refractivity (Wildman–Crippen MR) is 89.4 cm³/mol. The largest absolute Gasteiger partial charge is 0.376 e. The number of hydrogen-bond donors (Lipinski definition) is 1. The highest BCUT2D eigenvalue weighted by Crippen LogP contribution is 2.20. The molecule has 2 N–H and O–H groups in total. The molecule has 2 aliphatic rings. The second kappa shape index (κ2) is 8.53. The first-order valence-corrected chi connectivity index (χ1v) is 7.32. The van der Waals surface area contributed by atoms with Crippen LogP contribution in [0.25, 0.3) is 0 Å². The van der Waals surface area contributed by atoms with E-state index in [1.165, 1.54) is 0 Å². The van der Waals surface area contributed by atoms with Crippen LogP contribution in [-0.2, 0) is 9.53 Å². The third kappa shape index (κ3) is 5.57. The topological polar surface area (TPSA) is 58.8 Å². The Bertz CT molecular complexity index is 329. The Hall–Kier alpha value is -0.0700. The summed E-state index contributed by atoms with van der Waals surface area (Å²) in [4.78, 5) is 16.6. The number of morpholine rings is 1. The lowest BCUT2D eigenvalue weighted by Gasteiger charge is -2.42. The minimum absolute atomic E-state index is 0. The maximum Gasteiger partial charge on any atom is 0.242 e. The summed E-state index contributed by atoms with van der Waals surface area (Å²) in [6, 6.07) is 0.594. The Morgan fingerprint density at radius 1 is 1.19 bits per heavy atom. The van der Waals surface area contributed by atoms with Gasteiger partial charge in [-0.15, -0.1) is 24.8 Å². The third-order valence-electron chi connectivity index (χ3n) is 4.09. The van der Waals surface area contributed by atoms with Crippen LogP contribution in [-0.4, -0.2) is 66.2 Å². The molecule has 126 valence electrons. The Balaban J connectivity index is 0.00000200. The highest BCUT2D eigenvalue weighted by molar-refractivity contribution is 5.86. The molecule has 2 rings (SSSR count). The fraction of sp³-hybridized carbons (Fsp3) is 0.929. The first-order valence-electron chi connectivity index (χ1n) is 7.32. The maximum absolute atomic E-state index is 12.1. The molecule has 2 fully saturated rings. The van der Waals surface area contributed by atoms with Crippen molar-refractivity contribution in [2.24, 2.45) is 5.73 Å². The van der Waals surface area contributed by atoms with Crippen LogP contribution >= 0.6 is 24.8 Å². The van der Waals surface area contributed by atoms with Gasteiger partial charge in [0.2, 0.25) is 5.91 Å². The molecule has 2 heterocycles. The van der Waals surface area contributed by atoms with E-state index in [4.69, 9.17) is 10.5 Å². The second-order valence-corrected chi connectivity index (χ2v) is 6.42. The summed E-state index contributed by atoms with van der Waals surface area (Å²) < 4.78 is 5.58. The van der Waals surface area contributed by atoms with Crippen molar-refractivity contribution in [1.82, 2.24) is 9.80 Å². The number of carbonyl (C=O) groups excluding carboxylic acids is 1. The number of carbonyl (C=O) groups is 1. The van der Waals surface area contributed by atoms with Gasteiger partial charge in [-0.2, -0.15) is 0 Å². The smallest absolute Gasteiger partial charge is 0.242 e. The van der Waals surface area contributed by atoms with Crippen LogP contribution in [0.3, 0.4) is 0 Å².